The second-order valence-corrected chi connectivity index (χ2v) is 6.13. The van der Waals surface area contributed by atoms with E-state index < -0.39 is 0 Å². The molecule has 1 heterocycles. The smallest absolute Gasteiger partial charge is 0.174 e. The summed E-state index contributed by atoms with van der Waals surface area (Å²) in [7, 11) is 0. The molecule has 0 saturated carbocycles. The van der Waals surface area contributed by atoms with Crippen LogP contribution in [0.3, 0.4) is 0 Å². The van der Waals surface area contributed by atoms with Gasteiger partial charge in [-0.05, 0) is 24.5 Å². The average Bonchev–Trinajstić information content (AvgIpc) is 2.73. The number of carbonyl (C=O) groups is 1. The van der Waals surface area contributed by atoms with Gasteiger partial charge >= 0.3 is 0 Å². The molecule has 0 spiro atoms. The number of benzene rings is 1. The quantitative estimate of drug-likeness (QED) is 0.635. The largest absolute Gasteiger partial charge is 0.293 e. The Hall–Kier alpha value is -0.720. The molecule has 3 nitrogen and oxygen atoms in total. The molecule has 0 amide bonds. The molecule has 1 aromatic heterocycles. The molecule has 0 aliphatic rings. The first-order valence-corrected chi connectivity index (χ1v) is 7.43. The maximum absolute atomic E-state index is 12.0. The normalized spacial score (nSPS) is 10.5. The van der Waals surface area contributed by atoms with Gasteiger partial charge in [-0.2, -0.15) is 4.37 Å². The number of nitrogens with zero attached hydrogens (tertiary/aromatic N) is 2. The minimum absolute atomic E-state index is 0.0929. The summed E-state index contributed by atoms with van der Waals surface area (Å²) in [6, 6.07) is 7.44. The van der Waals surface area contributed by atoms with Crippen molar-refractivity contribution in [2.45, 2.75) is 11.3 Å². The van der Waals surface area contributed by atoms with E-state index in [9.17, 15) is 4.79 Å². The van der Waals surface area contributed by atoms with E-state index in [1.165, 1.54) is 23.3 Å². The Morgan fingerprint density at radius 2 is 2.24 bits per heavy atom. The lowest BCUT2D eigenvalue weighted by Crippen LogP contribution is -2.02. The van der Waals surface area contributed by atoms with E-state index in [1.54, 1.807) is 0 Å². The molecule has 2 rings (SSSR count). The van der Waals surface area contributed by atoms with Crippen LogP contribution >= 0.6 is 39.2 Å². The highest BCUT2D eigenvalue weighted by Gasteiger charge is 2.11. The highest BCUT2D eigenvalue weighted by Crippen LogP contribution is 2.23. The topological polar surface area (TPSA) is 42.9 Å². The van der Waals surface area contributed by atoms with Gasteiger partial charge in [-0.1, -0.05) is 45.9 Å². The van der Waals surface area contributed by atoms with Gasteiger partial charge in [0.1, 0.15) is 5.82 Å². The number of Topliss-reactive ketones (excluding diaryl/α,β-unsaturated/α-hetero) is 1. The average molecular weight is 329 g/mol. The van der Waals surface area contributed by atoms with Crippen molar-refractivity contribution in [1.29, 1.82) is 0 Å². The van der Waals surface area contributed by atoms with E-state index in [-0.39, 0.29) is 5.78 Å². The fourth-order valence-corrected chi connectivity index (χ4v) is 3.27. The standard InChI is InChI=1S/C11H9BrN2OS2/c1-7-13-11(17-14-7)16-6-10(15)8-4-2-3-5-9(8)12/h2-5H,6H2,1H3. The van der Waals surface area contributed by atoms with Crippen LogP contribution in [0.1, 0.15) is 16.2 Å². The number of hydrogen-bond acceptors (Lipinski definition) is 5. The minimum atomic E-state index is 0.0929. The molecule has 6 heteroatoms. The summed E-state index contributed by atoms with van der Waals surface area (Å²) in [5.74, 6) is 1.23. The van der Waals surface area contributed by atoms with Gasteiger partial charge in [0.2, 0.25) is 0 Å². The van der Waals surface area contributed by atoms with E-state index in [2.05, 4.69) is 25.3 Å². The van der Waals surface area contributed by atoms with Crippen molar-refractivity contribution < 1.29 is 4.79 Å². The van der Waals surface area contributed by atoms with Gasteiger partial charge in [0.25, 0.3) is 0 Å². The van der Waals surface area contributed by atoms with Gasteiger partial charge in [0.15, 0.2) is 10.1 Å². The van der Waals surface area contributed by atoms with Gasteiger partial charge in [-0.3, -0.25) is 4.79 Å². The molecule has 88 valence electrons. The number of aryl methyl sites for hydroxylation is 1. The van der Waals surface area contributed by atoms with Crippen LogP contribution in [0.25, 0.3) is 0 Å². The van der Waals surface area contributed by atoms with Gasteiger partial charge in [-0.25, -0.2) is 4.98 Å². The molecule has 0 fully saturated rings. The molecular formula is C11H9BrN2OS2. The number of rotatable bonds is 4. The number of aromatic nitrogens is 2. The SMILES string of the molecule is Cc1nsc(SCC(=O)c2ccccc2Br)n1. The lowest BCUT2D eigenvalue weighted by atomic mass is 10.1. The van der Waals surface area contributed by atoms with E-state index in [0.717, 1.165) is 14.6 Å². The Kier molecular flexibility index (Phi) is 4.31. The maximum Gasteiger partial charge on any atom is 0.174 e. The van der Waals surface area contributed by atoms with Crippen molar-refractivity contribution in [3.63, 3.8) is 0 Å². The van der Waals surface area contributed by atoms with E-state index in [0.29, 0.717) is 11.3 Å². The number of thioether (sulfide) groups is 1. The summed E-state index contributed by atoms with van der Waals surface area (Å²) in [5.41, 5.74) is 0.709. The van der Waals surface area contributed by atoms with Crippen molar-refractivity contribution in [3.8, 4) is 0 Å². The van der Waals surface area contributed by atoms with E-state index in [4.69, 9.17) is 0 Å². The third-order valence-corrected chi connectivity index (χ3v) is 4.63. The summed E-state index contributed by atoms with van der Waals surface area (Å²) in [6.45, 7) is 1.84. The van der Waals surface area contributed by atoms with E-state index in [1.807, 2.05) is 31.2 Å². The van der Waals surface area contributed by atoms with Crippen molar-refractivity contribution in [2.24, 2.45) is 0 Å². The first-order chi connectivity index (χ1) is 8.16. The molecule has 1 aromatic carbocycles. The maximum atomic E-state index is 12.0. The summed E-state index contributed by atoms with van der Waals surface area (Å²) in [4.78, 5) is 16.2. The van der Waals surface area contributed by atoms with Gasteiger partial charge in [-0.15, -0.1) is 0 Å². The molecule has 17 heavy (non-hydrogen) atoms. The molecule has 0 bridgehead atoms. The number of hydrogen-bond donors (Lipinski definition) is 0. The van der Waals surface area contributed by atoms with Gasteiger partial charge in [0.05, 0.1) is 5.75 Å². The summed E-state index contributed by atoms with van der Waals surface area (Å²) >= 11 is 6.13. The molecular weight excluding hydrogens is 320 g/mol. The highest BCUT2D eigenvalue weighted by atomic mass is 79.9. The second kappa shape index (κ2) is 5.75. The van der Waals surface area contributed by atoms with Crippen LogP contribution in [0.15, 0.2) is 33.1 Å². The Labute approximate surface area is 116 Å². The highest BCUT2D eigenvalue weighted by molar-refractivity contribution is 9.10. The van der Waals surface area contributed by atoms with Crippen molar-refractivity contribution >= 4 is 45.0 Å². The lowest BCUT2D eigenvalue weighted by molar-refractivity contribution is 0.102. The Balaban J connectivity index is 2.01. The number of halogens is 1. The molecule has 0 atom stereocenters. The van der Waals surface area contributed by atoms with Crippen LogP contribution in [-0.2, 0) is 0 Å². The van der Waals surface area contributed by atoms with Crippen molar-refractivity contribution in [2.75, 3.05) is 5.75 Å². The predicted molar refractivity (Wildman–Crippen MR) is 73.8 cm³/mol. The molecule has 0 aliphatic heterocycles. The fourth-order valence-electron chi connectivity index (χ4n) is 1.23. The fraction of sp³-hybridized carbons (Fsp3) is 0.182. The molecule has 0 N–H and O–H groups in total. The third-order valence-electron chi connectivity index (χ3n) is 2.01. The monoisotopic (exact) mass is 328 g/mol. The number of carbonyl (C=O) groups excluding carboxylic acids is 1. The zero-order chi connectivity index (χ0) is 12.3. The van der Waals surface area contributed by atoms with Crippen LogP contribution in [-0.4, -0.2) is 20.9 Å². The summed E-state index contributed by atoms with van der Waals surface area (Å²) < 4.78 is 5.74. The predicted octanol–water partition coefficient (Wildman–Crippen LogP) is 3.58. The van der Waals surface area contributed by atoms with Crippen LogP contribution in [0.4, 0.5) is 0 Å². The lowest BCUT2D eigenvalue weighted by Gasteiger charge is -2.01. The Morgan fingerprint density at radius 3 is 2.88 bits per heavy atom. The summed E-state index contributed by atoms with van der Waals surface area (Å²) in [6.07, 6.45) is 0. The van der Waals surface area contributed by atoms with Crippen LogP contribution in [0.2, 0.25) is 0 Å². The molecule has 0 aliphatic carbocycles. The first-order valence-electron chi connectivity index (χ1n) is 4.87. The molecule has 0 unspecified atom stereocenters. The summed E-state index contributed by atoms with van der Waals surface area (Å²) in [5, 5.41) is 0. The second-order valence-electron chi connectivity index (χ2n) is 3.30. The zero-order valence-corrected chi connectivity index (χ0v) is 12.2. The van der Waals surface area contributed by atoms with Crippen LogP contribution in [0.5, 0.6) is 0 Å². The van der Waals surface area contributed by atoms with E-state index >= 15 is 0 Å². The zero-order valence-electron chi connectivity index (χ0n) is 9.01. The molecule has 0 saturated heterocycles. The molecule has 0 radical (unpaired) electrons. The molecule has 2 aromatic rings. The van der Waals surface area contributed by atoms with Crippen LogP contribution < -0.4 is 0 Å². The van der Waals surface area contributed by atoms with Crippen molar-refractivity contribution in [1.82, 2.24) is 9.36 Å². The van der Waals surface area contributed by atoms with Crippen molar-refractivity contribution in [3.05, 3.63) is 40.1 Å². The first kappa shape index (κ1) is 12.7. The minimum Gasteiger partial charge on any atom is -0.293 e. The van der Waals surface area contributed by atoms with Crippen LogP contribution in [0, 0.1) is 6.92 Å². The number of ketones is 1. The van der Waals surface area contributed by atoms with Gasteiger partial charge < -0.3 is 0 Å². The Morgan fingerprint density at radius 1 is 1.47 bits per heavy atom. The van der Waals surface area contributed by atoms with Gasteiger partial charge in [0, 0.05) is 10.0 Å². The third kappa shape index (κ3) is 3.37. The Bertz CT molecular complexity index is 542.